The monoisotopic (exact) mass is 1720 g/mol. The van der Waals surface area contributed by atoms with Crippen molar-refractivity contribution in [2.45, 2.75) is 348 Å². The van der Waals surface area contributed by atoms with Crippen LogP contribution in [0.1, 0.15) is 263 Å². The number of unbranched alkanes of at least 4 members (excludes halogenated alkanes) is 6. The van der Waals surface area contributed by atoms with Crippen molar-refractivity contribution in [3.05, 3.63) is 35.9 Å². The molecule has 1 aromatic rings. The summed E-state index contributed by atoms with van der Waals surface area (Å²) in [6.45, 7) is 27.6. The Kier molecular flexibility index (Phi) is 57.2. The molecule has 0 fully saturated rings. The normalized spacial score (nSPS) is 15.0. The molecule has 0 radical (unpaired) electrons. The van der Waals surface area contributed by atoms with E-state index in [-0.39, 0.29) is 151 Å². The summed E-state index contributed by atoms with van der Waals surface area (Å²) in [5.74, 6) is -11.0. The van der Waals surface area contributed by atoms with Crippen LogP contribution in [0.4, 0.5) is 0 Å². The summed E-state index contributed by atoms with van der Waals surface area (Å²) in [4.78, 5) is 201. The number of rotatable bonds is 67. The van der Waals surface area contributed by atoms with Crippen molar-refractivity contribution < 1.29 is 67.1 Å². The summed E-state index contributed by atoms with van der Waals surface area (Å²) in [6.07, 6.45) is 6.85. The molecule has 0 aromatic heterocycles. The minimum absolute atomic E-state index is 0.0421. The van der Waals surface area contributed by atoms with Crippen molar-refractivity contribution in [1.29, 1.82) is 0 Å². The maximum absolute atomic E-state index is 14.9. The average Bonchev–Trinajstić information content (AvgIpc) is 0.845. The smallest absolute Gasteiger partial charge is 0.243 e. The molecule has 0 spiro atoms. The van der Waals surface area contributed by atoms with Crippen molar-refractivity contribution >= 4 is 82.7 Å². The third-order valence-corrected chi connectivity index (χ3v) is 20.5. The van der Waals surface area contributed by atoms with Gasteiger partial charge in [-0.1, -0.05) is 127 Å². The van der Waals surface area contributed by atoms with E-state index in [0.29, 0.717) is 96.6 Å². The first-order valence-corrected chi connectivity index (χ1v) is 44.9. The number of hydrogen-bond donors (Lipinski definition) is 21. The van der Waals surface area contributed by atoms with Gasteiger partial charge in [0.15, 0.2) is 0 Å². The van der Waals surface area contributed by atoms with E-state index in [0.717, 1.165) is 5.56 Å². The van der Waals surface area contributed by atoms with Gasteiger partial charge in [0.1, 0.15) is 78.5 Å². The van der Waals surface area contributed by atoms with Crippen LogP contribution in [0, 0.1) is 41.4 Å². The molecule has 0 bridgehead atoms. The van der Waals surface area contributed by atoms with E-state index < -0.39 is 167 Å². The minimum Gasteiger partial charge on any atom is -0.368 e. The summed E-state index contributed by atoms with van der Waals surface area (Å²) < 4.78 is 0. The van der Waals surface area contributed by atoms with E-state index in [1.54, 1.807) is 24.3 Å². The molecule has 0 aliphatic rings. The Morgan fingerprint density at radius 1 is 0.230 bits per heavy atom. The molecule has 0 unspecified atom stereocenters. The lowest BCUT2D eigenvalue weighted by Crippen LogP contribution is -2.61. The Balaban J connectivity index is 3.76. The summed E-state index contributed by atoms with van der Waals surface area (Å²) in [7, 11) is 0. The molecule has 0 saturated carbocycles. The average molecular weight is 1730 g/mol. The molecular weight excluding hydrogens is 1560 g/mol. The third-order valence-electron chi connectivity index (χ3n) is 20.5. The number of hydrogen-bond acceptors (Lipinski definition) is 21. The molecule has 14 amide bonds. The van der Waals surface area contributed by atoms with Crippen LogP contribution in [0.3, 0.4) is 0 Å². The molecule has 1 aromatic carbocycles. The van der Waals surface area contributed by atoms with Crippen LogP contribution in [-0.4, -0.2) is 207 Å². The van der Waals surface area contributed by atoms with Gasteiger partial charge >= 0.3 is 0 Å². The fourth-order valence-corrected chi connectivity index (χ4v) is 14.0. The number of carbonyl (C=O) groups excluding carboxylic acids is 14. The Labute approximate surface area is 726 Å². The molecule has 0 saturated heterocycles. The van der Waals surface area contributed by atoms with Crippen LogP contribution in [0.2, 0.25) is 0 Å². The first-order valence-electron chi connectivity index (χ1n) is 44.9. The zero-order chi connectivity index (χ0) is 92.1. The van der Waals surface area contributed by atoms with Gasteiger partial charge in [0.2, 0.25) is 82.7 Å². The van der Waals surface area contributed by atoms with Crippen LogP contribution in [0.15, 0.2) is 30.3 Å². The number of amides is 14. The summed E-state index contributed by atoms with van der Waals surface area (Å²) in [5, 5.41) is 36.7. The van der Waals surface area contributed by atoms with E-state index in [1.165, 1.54) is 0 Å². The highest BCUT2D eigenvalue weighted by Gasteiger charge is 2.39. The standard InChI is InChI=1S/C87H161N21O14/c1-52(2)44-60(94)75(110)96-61(32-18-24-38-88)79(114)103-71(48-56(9)10)85(120)106-68(45-53(3)4)83(118)100-63(34-20-26-40-90)77(112)98-65(36-22-28-42-92)80(115)104-72(49-57(11)12)86(121)108-70(47-55(7)8)84(119)101-66(37-23-29-43-93)81(116)105-73(50-58(13)14)87(122)107-69(46-54(5)6)82(117)99-62(33-19-25-39-89)76(111)97-64(35-21-27-41-91)78(113)102-67(74(95)109)51-59-30-16-15-17-31-59/h15-17,30-31,52-58,60-73H,18-29,32-51,88-94H2,1-14H3,(H2,95,109)(H,96,110)(H,97,111)(H,98,112)(H,99,117)(H,100,118)(H,101,119)(H,102,113)(H,103,114)(H,104,115)(H,105,116)(H,106,120)(H,107,122)(H,108,121)/t60-,61-,62-,63-,64-,65-,66-,67-,68-,69-,70-,71-,72-,73-/m0/s1. The number of benzene rings is 1. The Morgan fingerprint density at radius 3 is 0.566 bits per heavy atom. The lowest BCUT2D eigenvalue weighted by molar-refractivity contribution is -0.137. The first-order chi connectivity index (χ1) is 57.6. The topological polar surface area (TPSA) is 604 Å². The van der Waals surface area contributed by atoms with Crippen LogP contribution in [0.25, 0.3) is 0 Å². The summed E-state index contributed by atoms with van der Waals surface area (Å²) in [6, 6.07) is -7.91. The summed E-state index contributed by atoms with van der Waals surface area (Å²) >= 11 is 0. The highest BCUT2D eigenvalue weighted by Crippen LogP contribution is 2.19. The Hall–Kier alpha value is -8.48. The molecule has 0 aliphatic heterocycles. The quantitative estimate of drug-likeness (QED) is 0.0410. The molecule has 35 heteroatoms. The van der Waals surface area contributed by atoms with Crippen LogP contribution in [-0.2, 0) is 73.5 Å². The first kappa shape index (κ1) is 112. The molecule has 29 N–H and O–H groups in total. The molecule has 0 aliphatic carbocycles. The second-order valence-corrected chi connectivity index (χ2v) is 35.6. The maximum Gasteiger partial charge on any atom is 0.243 e. The largest absolute Gasteiger partial charge is 0.368 e. The van der Waals surface area contributed by atoms with Crippen LogP contribution >= 0.6 is 0 Å². The van der Waals surface area contributed by atoms with Gasteiger partial charge in [-0.25, -0.2) is 0 Å². The SMILES string of the molecule is CC(C)C[C@H](NC(=O)[C@H](CC(C)C)NC(=O)[C@H](CCCCN)NC(=O)[C@H](CC(C)C)NC(=O)[C@H](CC(C)C)NC(=O)[C@H](CCCCN)NC(=O)[C@H](CCCCN)NC(=O)[C@H](CC(C)C)NC(=O)[C@H](CC(C)C)NC(=O)[C@H](CCCCN)NC(=O)[C@@H](N)CC(C)C)C(=O)N[C@@H](CCCCN)C(=O)N[C@@H](CCCCN)C(=O)N[C@@H](Cc1ccccc1)C(N)=O. The molecule has 122 heavy (non-hydrogen) atoms. The third kappa shape index (κ3) is 47.4. The molecule has 35 nitrogen and oxygen atoms in total. The highest BCUT2D eigenvalue weighted by atomic mass is 16.2. The van der Waals surface area contributed by atoms with E-state index in [1.807, 2.05) is 103 Å². The lowest BCUT2D eigenvalue weighted by Gasteiger charge is -2.30. The van der Waals surface area contributed by atoms with Crippen molar-refractivity contribution in [1.82, 2.24) is 69.1 Å². The van der Waals surface area contributed by atoms with Crippen molar-refractivity contribution in [2.24, 2.45) is 87.3 Å². The van der Waals surface area contributed by atoms with E-state index in [2.05, 4.69) is 69.1 Å². The Bertz CT molecular complexity index is 3290. The number of nitrogens with two attached hydrogens (primary N) is 8. The second kappa shape index (κ2) is 62.6. The van der Waals surface area contributed by atoms with Gasteiger partial charge in [-0.2, -0.15) is 0 Å². The molecular formula is C87H161N21O14. The molecule has 1 rings (SSSR count). The fraction of sp³-hybridized carbons (Fsp3) is 0.770. The lowest BCUT2D eigenvalue weighted by atomic mass is 9.98. The number of nitrogens with one attached hydrogen (secondary N) is 13. The minimum atomic E-state index is -1.30. The number of primary amides is 1. The zero-order valence-corrected chi connectivity index (χ0v) is 76.0. The van der Waals surface area contributed by atoms with E-state index in [4.69, 9.17) is 45.9 Å². The molecule has 698 valence electrons. The van der Waals surface area contributed by atoms with Gasteiger partial charge in [-0.3, -0.25) is 67.1 Å². The zero-order valence-electron chi connectivity index (χ0n) is 76.0. The van der Waals surface area contributed by atoms with Gasteiger partial charge in [-0.05, 0) is 247 Å². The van der Waals surface area contributed by atoms with Gasteiger partial charge in [0.05, 0.1) is 6.04 Å². The fourth-order valence-electron chi connectivity index (χ4n) is 14.0. The molecule has 0 heterocycles. The molecule has 14 atom stereocenters. The van der Waals surface area contributed by atoms with Crippen molar-refractivity contribution in [3.8, 4) is 0 Å². The van der Waals surface area contributed by atoms with Crippen LogP contribution < -0.4 is 115 Å². The van der Waals surface area contributed by atoms with Gasteiger partial charge < -0.3 is 115 Å². The number of carbonyl (C=O) groups is 14. The van der Waals surface area contributed by atoms with Crippen molar-refractivity contribution in [3.63, 3.8) is 0 Å². The maximum atomic E-state index is 14.9. The summed E-state index contributed by atoms with van der Waals surface area (Å²) in [5.41, 5.74) is 48.0. The van der Waals surface area contributed by atoms with E-state index >= 15 is 0 Å². The van der Waals surface area contributed by atoms with E-state index in [9.17, 15) is 67.1 Å². The van der Waals surface area contributed by atoms with Gasteiger partial charge in [-0.15, -0.1) is 0 Å². The Morgan fingerprint density at radius 2 is 0.393 bits per heavy atom. The highest BCUT2D eigenvalue weighted by molar-refractivity contribution is 6.00. The predicted octanol–water partition coefficient (Wildman–Crippen LogP) is 1.44. The second-order valence-electron chi connectivity index (χ2n) is 35.6. The predicted molar refractivity (Wildman–Crippen MR) is 476 cm³/mol. The van der Waals surface area contributed by atoms with Crippen LogP contribution in [0.5, 0.6) is 0 Å². The van der Waals surface area contributed by atoms with Crippen molar-refractivity contribution in [2.75, 3.05) is 39.3 Å². The van der Waals surface area contributed by atoms with Gasteiger partial charge in [0, 0.05) is 6.42 Å². The van der Waals surface area contributed by atoms with Gasteiger partial charge in [0.25, 0.3) is 0 Å².